The molecule has 2 aliphatic heterocycles. The van der Waals surface area contributed by atoms with E-state index in [-0.39, 0.29) is 22.8 Å². The molecule has 4 fully saturated rings. The number of hydrogen-bond donors (Lipinski definition) is 1. The molecule has 2 unspecified atom stereocenters. The number of pyridine rings is 2. The van der Waals surface area contributed by atoms with Crippen molar-refractivity contribution in [2.45, 2.75) is 106 Å². The van der Waals surface area contributed by atoms with E-state index in [9.17, 15) is 0 Å². The minimum absolute atomic E-state index is 0.0113. The third kappa shape index (κ3) is 4.85. The van der Waals surface area contributed by atoms with Gasteiger partial charge in [0.2, 0.25) is 0 Å². The van der Waals surface area contributed by atoms with Gasteiger partial charge in [-0.05, 0) is 75.1 Å². The van der Waals surface area contributed by atoms with Crippen LogP contribution in [0.4, 0.5) is 0 Å². The SMILES string of the molecule is NC(Cc1cccnc1C1CCC2(CC1)OCCO2)CC1(c2ccccn2)CCOC2(CCCC2)C1. The topological polar surface area (TPSA) is 79.5 Å². The molecule has 2 atom stereocenters. The highest BCUT2D eigenvalue weighted by Crippen LogP contribution is 2.50. The number of ether oxygens (including phenoxy) is 3. The minimum Gasteiger partial charge on any atom is -0.375 e. The molecule has 2 aliphatic carbocycles. The maximum atomic E-state index is 7.00. The average Bonchev–Trinajstić information content (AvgIpc) is 3.55. The van der Waals surface area contributed by atoms with Gasteiger partial charge in [-0.15, -0.1) is 0 Å². The van der Waals surface area contributed by atoms with Crippen molar-refractivity contribution in [2.24, 2.45) is 5.73 Å². The molecule has 2 spiro atoms. The number of aromatic nitrogens is 2. The maximum absolute atomic E-state index is 7.00. The van der Waals surface area contributed by atoms with E-state index in [0.29, 0.717) is 5.92 Å². The first-order valence-electron chi connectivity index (χ1n) is 14.1. The number of nitrogens with two attached hydrogens (primary N) is 1. The normalized spacial score (nSPS) is 28.6. The third-order valence-electron chi connectivity index (χ3n) is 9.38. The van der Waals surface area contributed by atoms with Crippen molar-refractivity contribution in [1.29, 1.82) is 0 Å². The summed E-state index contributed by atoms with van der Waals surface area (Å²) in [6.07, 6.45) is 16.5. The van der Waals surface area contributed by atoms with Gasteiger partial charge in [0.05, 0.1) is 18.8 Å². The Kier molecular flexibility index (Phi) is 6.89. The minimum atomic E-state index is -0.337. The lowest BCUT2D eigenvalue weighted by Gasteiger charge is -2.47. The summed E-state index contributed by atoms with van der Waals surface area (Å²) in [6, 6.07) is 10.7. The molecule has 36 heavy (non-hydrogen) atoms. The van der Waals surface area contributed by atoms with E-state index in [0.717, 1.165) is 71.2 Å². The van der Waals surface area contributed by atoms with Gasteiger partial charge in [0.15, 0.2) is 5.79 Å². The van der Waals surface area contributed by atoms with Gasteiger partial charge in [-0.1, -0.05) is 25.0 Å². The zero-order valence-corrected chi connectivity index (χ0v) is 21.5. The van der Waals surface area contributed by atoms with Gasteiger partial charge < -0.3 is 19.9 Å². The quantitative estimate of drug-likeness (QED) is 0.598. The zero-order chi connectivity index (χ0) is 24.5. The summed E-state index contributed by atoms with van der Waals surface area (Å²) in [7, 11) is 0. The largest absolute Gasteiger partial charge is 0.375 e. The van der Waals surface area contributed by atoms with Gasteiger partial charge >= 0.3 is 0 Å². The molecular weight excluding hydrogens is 450 g/mol. The molecule has 0 bridgehead atoms. The van der Waals surface area contributed by atoms with E-state index in [2.05, 4.69) is 24.3 Å². The smallest absolute Gasteiger partial charge is 0.168 e. The molecule has 194 valence electrons. The first-order valence-corrected chi connectivity index (χ1v) is 14.1. The van der Waals surface area contributed by atoms with Gasteiger partial charge in [0.1, 0.15) is 0 Å². The Hall–Kier alpha value is -1.86. The molecular formula is C30H41N3O3. The Bertz CT molecular complexity index is 1010. The molecule has 2 saturated carbocycles. The van der Waals surface area contributed by atoms with E-state index >= 15 is 0 Å². The summed E-state index contributed by atoms with van der Waals surface area (Å²) in [5.74, 6) is 0.109. The summed E-state index contributed by atoms with van der Waals surface area (Å²) in [4.78, 5) is 9.75. The number of hydrogen-bond acceptors (Lipinski definition) is 6. The van der Waals surface area contributed by atoms with Crippen LogP contribution < -0.4 is 5.73 Å². The highest BCUT2D eigenvalue weighted by molar-refractivity contribution is 5.27. The second-order valence-corrected chi connectivity index (χ2v) is 11.8. The van der Waals surface area contributed by atoms with Crippen molar-refractivity contribution in [3.63, 3.8) is 0 Å². The fourth-order valence-corrected chi connectivity index (χ4v) is 7.70. The molecule has 6 heteroatoms. The Morgan fingerprint density at radius 1 is 0.861 bits per heavy atom. The van der Waals surface area contributed by atoms with E-state index in [4.69, 9.17) is 29.9 Å². The molecule has 0 aromatic carbocycles. The fourth-order valence-electron chi connectivity index (χ4n) is 7.70. The predicted molar refractivity (Wildman–Crippen MR) is 139 cm³/mol. The molecule has 0 amide bonds. The van der Waals surface area contributed by atoms with Crippen molar-refractivity contribution in [3.05, 3.63) is 59.7 Å². The van der Waals surface area contributed by atoms with Crippen LogP contribution in [-0.2, 0) is 26.0 Å². The van der Waals surface area contributed by atoms with Crippen LogP contribution in [-0.4, -0.2) is 47.2 Å². The molecule has 4 aliphatic rings. The van der Waals surface area contributed by atoms with Crippen LogP contribution in [0.5, 0.6) is 0 Å². The van der Waals surface area contributed by atoms with E-state index < -0.39 is 0 Å². The molecule has 6 rings (SSSR count). The first kappa shape index (κ1) is 24.5. The maximum Gasteiger partial charge on any atom is 0.168 e. The molecule has 2 N–H and O–H groups in total. The number of nitrogens with zero attached hydrogens (tertiary/aromatic N) is 2. The molecule has 4 heterocycles. The Labute approximate surface area is 215 Å². The van der Waals surface area contributed by atoms with Gasteiger partial charge in [0, 0.05) is 60.6 Å². The summed E-state index contributed by atoms with van der Waals surface area (Å²) in [5.41, 5.74) is 10.7. The lowest BCUT2D eigenvalue weighted by Crippen LogP contribution is -2.49. The highest BCUT2D eigenvalue weighted by atomic mass is 16.7. The molecule has 2 saturated heterocycles. The van der Waals surface area contributed by atoms with Crippen molar-refractivity contribution in [2.75, 3.05) is 19.8 Å². The monoisotopic (exact) mass is 491 g/mol. The van der Waals surface area contributed by atoms with Crippen molar-refractivity contribution in [3.8, 4) is 0 Å². The molecule has 0 radical (unpaired) electrons. The summed E-state index contributed by atoms with van der Waals surface area (Å²) in [6.45, 7) is 2.24. The highest BCUT2D eigenvalue weighted by Gasteiger charge is 2.49. The van der Waals surface area contributed by atoms with Gasteiger partial charge in [-0.25, -0.2) is 0 Å². The standard InChI is InChI=1S/C30H41N3O3/c31-25(20-24-6-5-16-33-27(24)23-8-12-30(13-9-23)35-18-19-36-30)21-28(26-7-1-4-15-32-26)14-17-34-29(22-28)10-2-3-11-29/h1,4-7,15-16,23,25H,2-3,8-14,17-22,31H2. The van der Waals surface area contributed by atoms with Crippen molar-refractivity contribution in [1.82, 2.24) is 9.97 Å². The Balaban J connectivity index is 1.19. The van der Waals surface area contributed by atoms with Gasteiger partial charge in [0.25, 0.3) is 0 Å². The van der Waals surface area contributed by atoms with Gasteiger partial charge in [-0.2, -0.15) is 0 Å². The summed E-state index contributed by atoms with van der Waals surface area (Å²) >= 11 is 0. The Morgan fingerprint density at radius 3 is 2.39 bits per heavy atom. The number of rotatable bonds is 6. The summed E-state index contributed by atoms with van der Waals surface area (Å²) in [5, 5.41) is 0. The van der Waals surface area contributed by atoms with Crippen LogP contribution >= 0.6 is 0 Å². The van der Waals surface area contributed by atoms with E-state index in [1.807, 2.05) is 18.5 Å². The lowest BCUT2D eigenvalue weighted by molar-refractivity contribution is -0.179. The van der Waals surface area contributed by atoms with Crippen molar-refractivity contribution >= 4 is 0 Å². The van der Waals surface area contributed by atoms with Crippen LogP contribution in [0.1, 0.15) is 93.5 Å². The van der Waals surface area contributed by atoms with Crippen LogP contribution in [0.2, 0.25) is 0 Å². The zero-order valence-electron chi connectivity index (χ0n) is 21.5. The fraction of sp³-hybridized carbons (Fsp3) is 0.667. The first-order chi connectivity index (χ1) is 17.6. The Morgan fingerprint density at radius 2 is 1.64 bits per heavy atom. The van der Waals surface area contributed by atoms with E-state index in [1.54, 1.807) is 0 Å². The van der Waals surface area contributed by atoms with Crippen LogP contribution in [0.25, 0.3) is 0 Å². The summed E-state index contributed by atoms with van der Waals surface area (Å²) < 4.78 is 18.4. The van der Waals surface area contributed by atoms with Crippen molar-refractivity contribution < 1.29 is 14.2 Å². The predicted octanol–water partition coefficient (Wildman–Crippen LogP) is 5.20. The van der Waals surface area contributed by atoms with Crippen LogP contribution in [0.3, 0.4) is 0 Å². The molecule has 2 aromatic heterocycles. The third-order valence-corrected chi connectivity index (χ3v) is 9.38. The van der Waals surface area contributed by atoms with E-state index in [1.165, 1.54) is 42.6 Å². The molecule has 2 aromatic rings. The second kappa shape index (κ2) is 10.1. The second-order valence-electron chi connectivity index (χ2n) is 11.8. The molecule has 6 nitrogen and oxygen atoms in total. The van der Waals surface area contributed by atoms with Crippen LogP contribution in [0.15, 0.2) is 42.7 Å². The van der Waals surface area contributed by atoms with Crippen LogP contribution in [0, 0.1) is 0 Å². The average molecular weight is 492 g/mol. The van der Waals surface area contributed by atoms with Gasteiger partial charge in [-0.3, -0.25) is 9.97 Å². The lowest BCUT2D eigenvalue weighted by atomic mass is 9.66.